The number of benzene rings is 3. The minimum Gasteiger partial charge on any atom is -0.489 e. The van der Waals surface area contributed by atoms with Crippen molar-refractivity contribution in [1.29, 1.82) is 0 Å². The Morgan fingerprint density at radius 2 is 1.52 bits per heavy atom. The molecule has 0 radical (unpaired) electrons. The maximum Gasteiger partial charge on any atom is 0.328 e. The molecule has 3 rings (SSSR count). The maximum atomic E-state index is 12.4. The Balaban J connectivity index is 1.67. The van der Waals surface area contributed by atoms with Crippen molar-refractivity contribution in [1.82, 2.24) is 5.32 Å². The van der Waals surface area contributed by atoms with E-state index in [-0.39, 0.29) is 5.91 Å². The standard InChI is InChI=1S/C24H23NO4/c1-28-24(27)22(25-23(26)20-12-6-3-7-13-20)16-19-11-8-14-21(15-19)29-17-18-9-4-2-5-10-18/h2-15,22H,16-17H2,1H3,(H,25,26)/t22-/m0/s1. The summed E-state index contributed by atoms with van der Waals surface area (Å²) in [6.45, 7) is 0.454. The highest BCUT2D eigenvalue weighted by Crippen LogP contribution is 2.17. The van der Waals surface area contributed by atoms with Crippen LogP contribution in [0.2, 0.25) is 0 Å². The number of carbonyl (C=O) groups excluding carboxylic acids is 2. The van der Waals surface area contributed by atoms with Crippen LogP contribution in [0.4, 0.5) is 0 Å². The number of carbonyl (C=O) groups is 2. The van der Waals surface area contributed by atoms with Gasteiger partial charge in [-0.3, -0.25) is 4.79 Å². The van der Waals surface area contributed by atoms with E-state index in [9.17, 15) is 9.59 Å². The molecule has 0 aliphatic rings. The van der Waals surface area contributed by atoms with E-state index in [1.54, 1.807) is 24.3 Å². The molecule has 0 aliphatic heterocycles. The van der Waals surface area contributed by atoms with Gasteiger partial charge >= 0.3 is 5.97 Å². The molecule has 148 valence electrons. The third-order valence-corrected chi connectivity index (χ3v) is 4.41. The fourth-order valence-electron chi connectivity index (χ4n) is 2.91. The van der Waals surface area contributed by atoms with E-state index < -0.39 is 12.0 Å². The van der Waals surface area contributed by atoms with Crippen molar-refractivity contribution in [3.8, 4) is 5.75 Å². The highest BCUT2D eigenvalue weighted by atomic mass is 16.5. The second kappa shape index (κ2) is 10.1. The van der Waals surface area contributed by atoms with Gasteiger partial charge < -0.3 is 14.8 Å². The van der Waals surface area contributed by atoms with Gasteiger partial charge in [0.1, 0.15) is 18.4 Å². The Morgan fingerprint density at radius 1 is 0.862 bits per heavy atom. The van der Waals surface area contributed by atoms with Crippen LogP contribution in [-0.4, -0.2) is 25.0 Å². The lowest BCUT2D eigenvalue weighted by Crippen LogP contribution is -2.43. The monoisotopic (exact) mass is 389 g/mol. The molecule has 0 bridgehead atoms. The van der Waals surface area contributed by atoms with Crippen LogP contribution in [0, 0.1) is 0 Å². The van der Waals surface area contributed by atoms with E-state index in [0.717, 1.165) is 11.1 Å². The van der Waals surface area contributed by atoms with Gasteiger partial charge in [-0.2, -0.15) is 0 Å². The van der Waals surface area contributed by atoms with Gasteiger partial charge in [0.05, 0.1) is 7.11 Å². The van der Waals surface area contributed by atoms with Crippen LogP contribution < -0.4 is 10.1 Å². The molecular formula is C24H23NO4. The average Bonchev–Trinajstić information content (AvgIpc) is 2.78. The SMILES string of the molecule is COC(=O)[C@H](Cc1cccc(OCc2ccccc2)c1)NC(=O)c1ccccc1. The van der Waals surface area contributed by atoms with Gasteiger partial charge in [-0.05, 0) is 35.4 Å². The number of ether oxygens (including phenoxy) is 2. The van der Waals surface area contributed by atoms with Crippen LogP contribution in [-0.2, 0) is 22.6 Å². The second-order valence-electron chi connectivity index (χ2n) is 6.54. The largest absolute Gasteiger partial charge is 0.489 e. The van der Waals surface area contributed by atoms with E-state index in [4.69, 9.17) is 9.47 Å². The van der Waals surface area contributed by atoms with E-state index in [2.05, 4.69) is 5.32 Å². The van der Waals surface area contributed by atoms with Crippen molar-refractivity contribution in [3.63, 3.8) is 0 Å². The summed E-state index contributed by atoms with van der Waals surface area (Å²) in [4.78, 5) is 24.7. The summed E-state index contributed by atoms with van der Waals surface area (Å²) in [5.74, 6) is -0.119. The first-order chi connectivity index (χ1) is 14.2. The van der Waals surface area contributed by atoms with Crippen LogP contribution >= 0.6 is 0 Å². The van der Waals surface area contributed by atoms with Crippen LogP contribution in [0.3, 0.4) is 0 Å². The zero-order valence-electron chi connectivity index (χ0n) is 16.2. The molecule has 1 atom stereocenters. The minimum atomic E-state index is -0.794. The average molecular weight is 389 g/mol. The zero-order chi connectivity index (χ0) is 20.5. The lowest BCUT2D eigenvalue weighted by molar-refractivity contribution is -0.142. The Bertz CT molecular complexity index is 941. The molecule has 1 amide bonds. The number of esters is 1. The van der Waals surface area contributed by atoms with Crippen LogP contribution in [0.25, 0.3) is 0 Å². The number of methoxy groups -OCH3 is 1. The maximum absolute atomic E-state index is 12.4. The molecule has 0 spiro atoms. The first kappa shape index (κ1) is 20.1. The quantitative estimate of drug-likeness (QED) is 0.596. The highest BCUT2D eigenvalue weighted by Gasteiger charge is 2.22. The van der Waals surface area contributed by atoms with Crippen LogP contribution in [0.15, 0.2) is 84.9 Å². The number of hydrogen-bond acceptors (Lipinski definition) is 4. The first-order valence-corrected chi connectivity index (χ1v) is 9.35. The van der Waals surface area contributed by atoms with E-state index in [0.29, 0.717) is 24.3 Å². The van der Waals surface area contributed by atoms with Gasteiger partial charge in [-0.25, -0.2) is 4.79 Å². The normalized spacial score (nSPS) is 11.3. The highest BCUT2D eigenvalue weighted by molar-refractivity contribution is 5.96. The third-order valence-electron chi connectivity index (χ3n) is 4.41. The van der Waals surface area contributed by atoms with E-state index in [1.807, 2.05) is 60.7 Å². The molecule has 0 heterocycles. The molecule has 1 N–H and O–H groups in total. The summed E-state index contributed by atoms with van der Waals surface area (Å²) < 4.78 is 10.7. The summed E-state index contributed by atoms with van der Waals surface area (Å²) in [7, 11) is 1.31. The molecular weight excluding hydrogens is 366 g/mol. The van der Waals surface area contributed by atoms with Gasteiger partial charge in [-0.15, -0.1) is 0 Å². The predicted octanol–water partition coefficient (Wildman–Crippen LogP) is 3.78. The summed E-state index contributed by atoms with van der Waals surface area (Å²) in [6, 6.07) is 25.3. The summed E-state index contributed by atoms with van der Waals surface area (Å²) in [5.41, 5.74) is 2.42. The third kappa shape index (κ3) is 5.94. The molecule has 0 fully saturated rings. The van der Waals surface area contributed by atoms with Crippen molar-refractivity contribution in [3.05, 3.63) is 102 Å². The summed E-state index contributed by atoms with van der Waals surface area (Å²) in [5, 5.41) is 2.76. The van der Waals surface area contributed by atoms with Gasteiger partial charge in [0, 0.05) is 12.0 Å². The molecule has 0 saturated heterocycles. The summed E-state index contributed by atoms with van der Waals surface area (Å²) in [6.07, 6.45) is 0.299. The van der Waals surface area contributed by atoms with Gasteiger partial charge in [0.2, 0.25) is 0 Å². The molecule has 29 heavy (non-hydrogen) atoms. The Hall–Kier alpha value is -3.60. The lowest BCUT2D eigenvalue weighted by atomic mass is 10.0. The van der Waals surface area contributed by atoms with Crippen molar-refractivity contribution in [2.45, 2.75) is 19.1 Å². The topological polar surface area (TPSA) is 64.6 Å². The first-order valence-electron chi connectivity index (χ1n) is 9.35. The fraction of sp³-hybridized carbons (Fsp3) is 0.167. The molecule has 5 heteroatoms. The fourth-order valence-corrected chi connectivity index (χ4v) is 2.91. The van der Waals surface area contributed by atoms with E-state index >= 15 is 0 Å². The Kier molecular flexibility index (Phi) is 7.00. The second-order valence-corrected chi connectivity index (χ2v) is 6.54. The molecule has 5 nitrogen and oxygen atoms in total. The van der Waals surface area contributed by atoms with E-state index in [1.165, 1.54) is 7.11 Å². The number of amides is 1. The minimum absolute atomic E-state index is 0.299. The smallest absolute Gasteiger partial charge is 0.328 e. The molecule has 0 saturated carbocycles. The lowest BCUT2D eigenvalue weighted by Gasteiger charge is -2.17. The zero-order valence-corrected chi connectivity index (χ0v) is 16.2. The molecule has 3 aromatic carbocycles. The number of rotatable bonds is 8. The van der Waals surface area contributed by atoms with Crippen LogP contribution in [0.1, 0.15) is 21.5 Å². The van der Waals surface area contributed by atoms with Crippen molar-refractivity contribution >= 4 is 11.9 Å². The van der Waals surface area contributed by atoms with Crippen molar-refractivity contribution < 1.29 is 19.1 Å². The van der Waals surface area contributed by atoms with Gasteiger partial charge in [0.15, 0.2) is 0 Å². The molecule has 0 unspecified atom stereocenters. The summed E-state index contributed by atoms with van der Waals surface area (Å²) >= 11 is 0. The Morgan fingerprint density at radius 3 is 2.21 bits per heavy atom. The van der Waals surface area contributed by atoms with Gasteiger partial charge in [-0.1, -0.05) is 60.7 Å². The molecule has 0 aliphatic carbocycles. The van der Waals surface area contributed by atoms with Crippen molar-refractivity contribution in [2.24, 2.45) is 0 Å². The number of hydrogen-bond donors (Lipinski definition) is 1. The molecule has 3 aromatic rings. The van der Waals surface area contributed by atoms with Crippen LogP contribution in [0.5, 0.6) is 5.75 Å². The van der Waals surface area contributed by atoms with Crippen molar-refractivity contribution in [2.75, 3.05) is 7.11 Å². The predicted molar refractivity (Wildman–Crippen MR) is 111 cm³/mol. The molecule has 0 aromatic heterocycles. The Labute approximate surface area is 170 Å². The van der Waals surface area contributed by atoms with Gasteiger partial charge in [0.25, 0.3) is 5.91 Å². The number of nitrogens with one attached hydrogen (secondary N) is 1.